The molecule has 0 radical (unpaired) electrons. The Morgan fingerprint density at radius 1 is 1.10 bits per heavy atom. The van der Waals surface area contributed by atoms with Gasteiger partial charge in [-0.2, -0.15) is 4.31 Å². The largest absolute Gasteiger partial charge is 0.339 e. The number of rotatable bonds is 6. The molecule has 156 valence electrons. The van der Waals surface area contributed by atoms with Gasteiger partial charge in [-0.05, 0) is 43.2 Å². The van der Waals surface area contributed by atoms with Crippen LogP contribution >= 0.6 is 15.9 Å². The van der Waals surface area contributed by atoms with Crippen molar-refractivity contribution in [1.82, 2.24) is 14.5 Å². The van der Waals surface area contributed by atoms with Crippen molar-refractivity contribution >= 4 is 31.9 Å². The molecule has 0 unspecified atom stereocenters. The SMILES string of the molecule is Cc1ccc(S(=O)(=O)N(CC(=O)N2CCNCC2)Cc2ccc(Br)cc2)c(C)c1. The Hall–Kier alpha value is -1.74. The number of nitrogens with one attached hydrogen (secondary N) is 1. The van der Waals surface area contributed by atoms with Crippen molar-refractivity contribution in [2.45, 2.75) is 25.3 Å². The first kappa shape index (κ1) is 22.0. The van der Waals surface area contributed by atoms with Crippen molar-refractivity contribution in [3.05, 3.63) is 63.6 Å². The van der Waals surface area contributed by atoms with Crippen LogP contribution in [0.25, 0.3) is 0 Å². The highest BCUT2D eigenvalue weighted by Gasteiger charge is 2.30. The fraction of sp³-hybridized carbons (Fsp3) is 0.381. The molecule has 2 aromatic carbocycles. The minimum Gasteiger partial charge on any atom is -0.339 e. The van der Waals surface area contributed by atoms with Gasteiger partial charge in [0.15, 0.2) is 0 Å². The number of carbonyl (C=O) groups is 1. The number of aryl methyl sites for hydroxylation is 2. The Kier molecular flexibility index (Phi) is 7.10. The highest BCUT2D eigenvalue weighted by Crippen LogP contribution is 2.23. The second-order valence-electron chi connectivity index (χ2n) is 7.30. The van der Waals surface area contributed by atoms with E-state index in [0.29, 0.717) is 18.7 Å². The maximum absolute atomic E-state index is 13.5. The monoisotopic (exact) mass is 479 g/mol. The first-order valence-electron chi connectivity index (χ1n) is 9.58. The van der Waals surface area contributed by atoms with E-state index in [1.807, 2.05) is 37.3 Å². The molecule has 0 atom stereocenters. The van der Waals surface area contributed by atoms with Gasteiger partial charge in [-0.3, -0.25) is 4.79 Å². The normalized spacial score (nSPS) is 15.0. The van der Waals surface area contributed by atoms with Crippen LogP contribution in [0.4, 0.5) is 0 Å². The molecule has 1 N–H and O–H groups in total. The second kappa shape index (κ2) is 9.38. The zero-order valence-electron chi connectivity index (χ0n) is 16.7. The molecule has 6 nitrogen and oxygen atoms in total. The summed E-state index contributed by atoms with van der Waals surface area (Å²) in [6.45, 7) is 6.31. The second-order valence-corrected chi connectivity index (χ2v) is 10.1. The Bertz CT molecular complexity index is 971. The van der Waals surface area contributed by atoms with E-state index in [0.717, 1.165) is 28.7 Å². The van der Waals surface area contributed by atoms with Crippen molar-refractivity contribution in [2.24, 2.45) is 0 Å². The van der Waals surface area contributed by atoms with Crippen LogP contribution in [0.15, 0.2) is 51.8 Å². The third-order valence-electron chi connectivity index (χ3n) is 5.00. The number of sulfonamides is 1. The van der Waals surface area contributed by atoms with Crippen LogP contribution in [0.1, 0.15) is 16.7 Å². The summed E-state index contributed by atoms with van der Waals surface area (Å²) in [5.41, 5.74) is 2.51. The summed E-state index contributed by atoms with van der Waals surface area (Å²) in [6, 6.07) is 12.7. The van der Waals surface area contributed by atoms with Gasteiger partial charge in [0.2, 0.25) is 15.9 Å². The van der Waals surface area contributed by atoms with Crippen LogP contribution in [0.3, 0.4) is 0 Å². The lowest BCUT2D eigenvalue weighted by Gasteiger charge is -2.30. The van der Waals surface area contributed by atoms with Gasteiger partial charge in [0.25, 0.3) is 0 Å². The van der Waals surface area contributed by atoms with Gasteiger partial charge >= 0.3 is 0 Å². The average molecular weight is 480 g/mol. The van der Waals surface area contributed by atoms with E-state index in [1.54, 1.807) is 24.0 Å². The molecule has 1 amide bonds. The molecule has 29 heavy (non-hydrogen) atoms. The number of hydrogen-bond acceptors (Lipinski definition) is 4. The molecule has 1 aliphatic heterocycles. The summed E-state index contributed by atoms with van der Waals surface area (Å²) in [7, 11) is -3.83. The Balaban J connectivity index is 1.92. The maximum atomic E-state index is 13.5. The fourth-order valence-corrected chi connectivity index (χ4v) is 5.26. The standard InChI is InChI=1S/C21H26BrN3O3S/c1-16-3-8-20(17(2)13-16)29(27,28)25(14-18-4-6-19(22)7-5-18)15-21(26)24-11-9-23-10-12-24/h3-8,13,23H,9-12,14-15H2,1-2H3. The molecule has 3 rings (SSSR count). The molecule has 2 aromatic rings. The predicted octanol–water partition coefficient (Wildman–Crippen LogP) is 2.69. The van der Waals surface area contributed by atoms with Gasteiger partial charge in [0.1, 0.15) is 0 Å². The van der Waals surface area contributed by atoms with E-state index in [9.17, 15) is 13.2 Å². The van der Waals surface area contributed by atoms with E-state index in [-0.39, 0.29) is 23.9 Å². The third kappa shape index (κ3) is 5.45. The maximum Gasteiger partial charge on any atom is 0.244 e. The number of hydrogen-bond donors (Lipinski definition) is 1. The molecule has 8 heteroatoms. The van der Waals surface area contributed by atoms with Gasteiger partial charge in [0.05, 0.1) is 11.4 Å². The first-order chi connectivity index (χ1) is 13.8. The van der Waals surface area contributed by atoms with E-state index in [1.165, 1.54) is 4.31 Å². The van der Waals surface area contributed by atoms with Crippen LogP contribution in [0.5, 0.6) is 0 Å². The molecular weight excluding hydrogens is 454 g/mol. The van der Waals surface area contributed by atoms with Crippen molar-refractivity contribution in [2.75, 3.05) is 32.7 Å². The van der Waals surface area contributed by atoms with Crippen molar-refractivity contribution < 1.29 is 13.2 Å². The number of carbonyl (C=O) groups excluding carboxylic acids is 1. The van der Waals surface area contributed by atoms with Crippen LogP contribution in [-0.2, 0) is 21.4 Å². The van der Waals surface area contributed by atoms with Crippen LogP contribution < -0.4 is 5.32 Å². The smallest absolute Gasteiger partial charge is 0.244 e. The molecule has 1 aliphatic rings. The lowest BCUT2D eigenvalue weighted by atomic mass is 10.2. The summed E-state index contributed by atoms with van der Waals surface area (Å²) in [4.78, 5) is 14.8. The zero-order chi connectivity index (χ0) is 21.0. The number of piperazine rings is 1. The van der Waals surface area contributed by atoms with Crippen molar-refractivity contribution in [1.29, 1.82) is 0 Å². The van der Waals surface area contributed by atoms with Crippen LogP contribution in [0, 0.1) is 13.8 Å². The predicted molar refractivity (Wildman–Crippen MR) is 117 cm³/mol. The van der Waals surface area contributed by atoms with Crippen molar-refractivity contribution in [3.8, 4) is 0 Å². The van der Waals surface area contributed by atoms with E-state index in [2.05, 4.69) is 21.2 Å². The van der Waals surface area contributed by atoms with E-state index >= 15 is 0 Å². The van der Waals surface area contributed by atoms with Gasteiger partial charge in [-0.25, -0.2) is 8.42 Å². The topological polar surface area (TPSA) is 69.7 Å². The summed E-state index contributed by atoms with van der Waals surface area (Å²) in [6.07, 6.45) is 0. The number of nitrogens with zero attached hydrogens (tertiary/aromatic N) is 2. The quantitative estimate of drug-likeness (QED) is 0.691. The highest BCUT2D eigenvalue weighted by molar-refractivity contribution is 9.10. The highest BCUT2D eigenvalue weighted by atomic mass is 79.9. The Morgan fingerprint density at radius 2 is 1.76 bits per heavy atom. The van der Waals surface area contributed by atoms with E-state index in [4.69, 9.17) is 0 Å². The van der Waals surface area contributed by atoms with E-state index < -0.39 is 10.0 Å². The molecule has 1 fully saturated rings. The number of amides is 1. The average Bonchev–Trinajstić information content (AvgIpc) is 2.69. The van der Waals surface area contributed by atoms with Crippen molar-refractivity contribution in [3.63, 3.8) is 0 Å². The summed E-state index contributed by atoms with van der Waals surface area (Å²) < 4.78 is 29.2. The minimum absolute atomic E-state index is 0.140. The summed E-state index contributed by atoms with van der Waals surface area (Å²) in [5.74, 6) is -0.169. The molecule has 0 aromatic heterocycles. The number of halogens is 1. The van der Waals surface area contributed by atoms with Gasteiger partial charge in [-0.1, -0.05) is 45.8 Å². The summed E-state index contributed by atoms with van der Waals surface area (Å²) >= 11 is 3.40. The molecule has 0 spiro atoms. The summed E-state index contributed by atoms with van der Waals surface area (Å²) in [5, 5.41) is 3.21. The Morgan fingerprint density at radius 3 is 2.38 bits per heavy atom. The molecule has 0 bridgehead atoms. The lowest BCUT2D eigenvalue weighted by molar-refractivity contribution is -0.132. The van der Waals surface area contributed by atoms with Gasteiger partial charge < -0.3 is 10.2 Å². The third-order valence-corrected chi connectivity index (χ3v) is 7.48. The van der Waals surface area contributed by atoms with Gasteiger partial charge in [-0.15, -0.1) is 0 Å². The number of benzene rings is 2. The zero-order valence-corrected chi connectivity index (χ0v) is 19.1. The Labute approximate surface area is 181 Å². The fourth-order valence-electron chi connectivity index (χ4n) is 3.41. The molecular formula is C21H26BrN3O3S. The molecule has 1 heterocycles. The van der Waals surface area contributed by atoms with Gasteiger partial charge in [0, 0.05) is 37.2 Å². The van der Waals surface area contributed by atoms with Crippen LogP contribution in [0.2, 0.25) is 0 Å². The minimum atomic E-state index is -3.83. The van der Waals surface area contributed by atoms with Crippen LogP contribution in [-0.4, -0.2) is 56.3 Å². The molecule has 1 saturated heterocycles. The molecule has 0 aliphatic carbocycles. The lowest BCUT2D eigenvalue weighted by Crippen LogP contribution is -2.50. The molecule has 0 saturated carbocycles. The first-order valence-corrected chi connectivity index (χ1v) is 11.8.